The zero-order valence-corrected chi connectivity index (χ0v) is 26.2. The fourth-order valence-corrected chi connectivity index (χ4v) is 10.1. The number of allylic oxidation sites excluding steroid dienone is 1. The standard InChI is InChI=1S/C35H48N2O5/c1-21(37(6)7)29-27(42-22(2)38)19-34(5)25-17-26(39)30-32(3)20-41-35(30,18-24(25)13-15-33(29,34)4)16-14-28(32)36-31(40)23-11-9-8-10-12-23/h8-14,16,21,25-30,39H,15,17-20H2,1-7H3,(H,36,40)/t21-,25+,26-,27+,28-,29+,30+,32+,33+,34-,35-/m0/s1. The Bertz CT molecular complexity index is 1310. The van der Waals surface area contributed by atoms with E-state index in [0.29, 0.717) is 18.6 Å². The number of nitrogens with zero attached hydrogens (tertiary/aromatic N) is 1. The van der Waals surface area contributed by atoms with Crippen molar-refractivity contribution in [2.75, 3.05) is 20.7 Å². The Kier molecular flexibility index (Phi) is 7.07. The molecule has 5 aliphatic rings. The molecule has 3 fully saturated rings. The third-order valence-electron chi connectivity index (χ3n) is 12.6. The SMILES string of the molecule is CC(=O)O[C@@H]1C[C@@]2(C)[C@@H]3C[C@H](O)[C@@H]4[C@]5(C)CO[C@@]4(C=C[C@@H]5NC(=O)c4ccccc4)CC3=CC[C@]2(C)[C@@H]1[C@H](C)N(C)C. The number of ether oxygens (including phenoxy) is 2. The predicted molar refractivity (Wildman–Crippen MR) is 162 cm³/mol. The summed E-state index contributed by atoms with van der Waals surface area (Å²) in [5.41, 5.74) is 0.662. The molecule has 0 aromatic heterocycles. The summed E-state index contributed by atoms with van der Waals surface area (Å²) in [4.78, 5) is 27.7. The first kappa shape index (κ1) is 29.6. The van der Waals surface area contributed by atoms with Gasteiger partial charge in [0.2, 0.25) is 0 Å². The first-order valence-electron chi connectivity index (χ1n) is 15.7. The maximum Gasteiger partial charge on any atom is 0.302 e. The molecule has 1 saturated heterocycles. The topological polar surface area (TPSA) is 88.1 Å². The Balaban J connectivity index is 1.34. The Morgan fingerprint density at radius 1 is 1.14 bits per heavy atom. The van der Waals surface area contributed by atoms with E-state index in [0.717, 1.165) is 19.3 Å². The molecule has 1 aromatic rings. The van der Waals surface area contributed by atoms with Gasteiger partial charge in [0.05, 0.1) is 24.4 Å². The average molecular weight is 577 g/mol. The van der Waals surface area contributed by atoms with Crippen molar-refractivity contribution in [3.05, 3.63) is 59.7 Å². The van der Waals surface area contributed by atoms with Gasteiger partial charge < -0.3 is 24.8 Å². The number of amides is 1. The molecule has 1 aromatic carbocycles. The maximum atomic E-state index is 13.2. The maximum absolute atomic E-state index is 13.2. The summed E-state index contributed by atoms with van der Waals surface area (Å²) < 4.78 is 12.8. The summed E-state index contributed by atoms with van der Waals surface area (Å²) in [5, 5.41) is 15.4. The fraction of sp³-hybridized carbons (Fsp3) is 0.657. The molecule has 7 heteroatoms. The van der Waals surface area contributed by atoms with Crippen LogP contribution < -0.4 is 5.32 Å². The minimum absolute atomic E-state index is 0.107. The highest BCUT2D eigenvalue weighted by atomic mass is 16.5. The number of aliphatic hydroxyl groups is 1. The highest BCUT2D eigenvalue weighted by molar-refractivity contribution is 5.94. The van der Waals surface area contributed by atoms with Crippen molar-refractivity contribution < 1.29 is 24.2 Å². The quantitative estimate of drug-likeness (QED) is 0.388. The van der Waals surface area contributed by atoms with Gasteiger partial charge in [-0.25, -0.2) is 0 Å². The number of carbonyl (C=O) groups excluding carboxylic acids is 2. The highest BCUT2D eigenvalue weighted by Crippen LogP contribution is 2.70. The fourth-order valence-electron chi connectivity index (χ4n) is 10.1. The van der Waals surface area contributed by atoms with E-state index >= 15 is 0 Å². The van der Waals surface area contributed by atoms with Crippen molar-refractivity contribution >= 4 is 11.9 Å². The van der Waals surface area contributed by atoms with Gasteiger partial charge in [-0.15, -0.1) is 0 Å². The number of esters is 1. The third-order valence-corrected chi connectivity index (χ3v) is 12.6. The monoisotopic (exact) mass is 576 g/mol. The number of fused-ring (bicyclic) bond motifs is 3. The zero-order valence-electron chi connectivity index (χ0n) is 26.2. The molecule has 2 bridgehead atoms. The van der Waals surface area contributed by atoms with Crippen molar-refractivity contribution in [3.8, 4) is 0 Å². The van der Waals surface area contributed by atoms with E-state index < -0.39 is 17.1 Å². The van der Waals surface area contributed by atoms with E-state index in [1.54, 1.807) is 0 Å². The Morgan fingerprint density at radius 2 is 1.86 bits per heavy atom. The molecule has 1 aliphatic heterocycles. The van der Waals surface area contributed by atoms with Crippen molar-refractivity contribution in [2.45, 2.75) is 90.2 Å². The number of carbonyl (C=O) groups is 2. The Hall–Kier alpha value is -2.48. The zero-order chi connectivity index (χ0) is 30.2. The van der Waals surface area contributed by atoms with Crippen molar-refractivity contribution in [1.82, 2.24) is 10.2 Å². The van der Waals surface area contributed by atoms with Gasteiger partial charge in [-0.2, -0.15) is 0 Å². The number of benzene rings is 1. The van der Waals surface area contributed by atoms with Crippen molar-refractivity contribution in [3.63, 3.8) is 0 Å². The molecule has 42 heavy (non-hydrogen) atoms. The van der Waals surface area contributed by atoms with Gasteiger partial charge in [0.25, 0.3) is 5.91 Å². The summed E-state index contributed by atoms with van der Waals surface area (Å²) in [6.07, 6.45) is 8.95. The van der Waals surface area contributed by atoms with Crippen molar-refractivity contribution in [1.29, 1.82) is 0 Å². The van der Waals surface area contributed by atoms with Crippen LogP contribution in [0.5, 0.6) is 0 Å². The molecule has 11 atom stereocenters. The number of nitrogens with one attached hydrogen (secondary N) is 1. The minimum atomic E-state index is -0.605. The molecule has 1 heterocycles. The molecule has 0 unspecified atom stereocenters. The minimum Gasteiger partial charge on any atom is -0.462 e. The van der Waals surface area contributed by atoms with Crippen LogP contribution in [0.15, 0.2) is 54.1 Å². The Morgan fingerprint density at radius 3 is 2.52 bits per heavy atom. The van der Waals surface area contributed by atoms with Crippen LogP contribution in [0.25, 0.3) is 0 Å². The molecule has 2 N–H and O–H groups in total. The molecule has 0 radical (unpaired) electrons. The van der Waals surface area contributed by atoms with E-state index in [4.69, 9.17) is 9.47 Å². The molecule has 6 rings (SSSR count). The molecule has 4 aliphatic carbocycles. The second-order valence-corrected chi connectivity index (χ2v) is 14.8. The number of hydrogen-bond donors (Lipinski definition) is 2. The Labute approximate surface area is 250 Å². The summed E-state index contributed by atoms with van der Waals surface area (Å²) in [7, 11) is 4.21. The van der Waals surface area contributed by atoms with Crippen LogP contribution in [0.3, 0.4) is 0 Å². The van der Waals surface area contributed by atoms with Gasteiger partial charge in [-0.1, -0.05) is 62.8 Å². The molecular weight excluding hydrogens is 528 g/mol. The van der Waals surface area contributed by atoms with Crippen LogP contribution in [0.1, 0.15) is 70.7 Å². The van der Waals surface area contributed by atoms with Crippen LogP contribution in [0, 0.1) is 34.0 Å². The summed E-state index contributed by atoms with van der Waals surface area (Å²) in [6, 6.07) is 9.27. The number of aliphatic hydroxyl groups excluding tert-OH is 1. The van der Waals surface area contributed by atoms with Crippen LogP contribution >= 0.6 is 0 Å². The van der Waals surface area contributed by atoms with Crippen LogP contribution in [-0.2, 0) is 14.3 Å². The first-order valence-corrected chi connectivity index (χ1v) is 15.7. The highest BCUT2D eigenvalue weighted by Gasteiger charge is 2.69. The molecule has 7 nitrogen and oxygen atoms in total. The number of hydrogen-bond acceptors (Lipinski definition) is 6. The largest absolute Gasteiger partial charge is 0.462 e. The lowest BCUT2D eigenvalue weighted by molar-refractivity contribution is -0.150. The molecule has 2 saturated carbocycles. The first-order chi connectivity index (χ1) is 19.8. The average Bonchev–Trinajstić information content (AvgIpc) is 3.23. The van der Waals surface area contributed by atoms with Gasteiger partial charge in [0.15, 0.2) is 0 Å². The van der Waals surface area contributed by atoms with Gasteiger partial charge in [-0.3, -0.25) is 9.59 Å². The lowest BCUT2D eigenvalue weighted by atomic mass is 9.51. The summed E-state index contributed by atoms with van der Waals surface area (Å²) >= 11 is 0. The van der Waals surface area contributed by atoms with Gasteiger partial charge in [0.1, 0.15) is 6.10 Å². The van der Waals surface area contributed by atoms with Gasteiger partial charge in [-0.05, 0) is 69.2 Å². The van der Waals surface area contributed by atoms with E-state index in [1.807, 2.05) is 30.3 Å². The van der Waals surface area contributed by atoms with E-state index in [1.165, 1.54) is 12.5 Å². The van der Waals surface area contributed by atoms with Crippen LogP contribution in [0.4, 0.5) is 0 Å². The van der Waals surface area contributed by atoms with Crippen LogP contribution in [-0.4, -0.2) is 72.5 Å². The second kappa shape index (κ2) is 10.0. The molecule has 1 amide bonds. The second-order valence-electron chi connectivity index (χ2n) is 14.8. The summed E-state index contributed by atoms with van der Waals surface area (Å²) in [5.74, 6) is -0.185. The predicted octanol–water partition coefficient (Wildman–Crippen LogP) is 4.76. The molecule has 0 spiro atoms. The molecular formula is C35H48N2O5. The van der Waals surface area contributed by atoms with Crippen molar-refractivity contribution in [2.24, 2.45) is 34.0 Å². The van der Waals surface area contributed by atoms with Gasteiger partial charge in [0, 0.05) is 42.2 Å². The van der Waals surface area contributed by atoms with Gasteiger partial charge >= 0.3 is 5.97 Å². The lowest BCUT2D eigenvalue weighted by Gasteiger charge is -2.54. The normalized spacial score (nSPS) is 44.4. The summed E-state index contributed by atoms with van der Waals surface area (Å²) in [6.45, 7) is 11.2. The van der Waals surface area contributed by atoms with E-state index in [9.17, 15) is 14.7 Å². The smallest absolute Gasteiger partial charge is 0.302 e. The van der Waals surface area contributed by atoms with Crippen LogP contribution in [0.2, 0.25) is 0 Å². The third kappa shape index (κ3) is 4.17. The molecule has 228 valence electrons. The van der Waals surface area contributed by atoms with E-state index in [-0.39, 0.29) is 58.6 Å². The lowest BCUT2D eigenvalue weighted by Crippen LogP contribution is -2.57. The van der Waals surface area contributed by atoms with E-state index in [2.05, 4.69) is 70.2 Å². The number of rotatable bonds is 5.